The Morgan fingerprint density at radius 1 is 1.19 bits per heavy atom. The van der Waals surface area contributed by atoms with Gasteiger partial charge in [-0.25, -0.2) is 9.97 Å². The topological polar surface area (TPSA) is 81.4 Å². The van der Waals surface area contributed by atoms with Crippen LogP contribution in [-0.4, -0.2) is 32.4 Å². The molecule has 0 saturated heterocycles. The van der Waals surface area contributed by atoms with Crippen molar-refractivity contribution in [3.8, 4) is 11.1 Å². The Balaban J connectivity index is 1.57. The molecule has 1 saturated carbocycles. The van der Waals surface area contributed by atoms with Crippen LogP contribution in [0.3, 0.4) is 0 Å². The second kappa shape index (κ2) is 8.31. The highest BCUT2D eigenvalue weighted by Crippen LogP contribution is 2.33. The fraction of sp³-hybridized carbons (Fsp3) is 0.360. The summed E-state index contributed by atoms with van der Waals surface area (Å²) in [4.78, 5) is 26.0. The highest BCUT2D eigenvalue weighted by atomic mass is 16.5. The second-order valence-electron chi connectivity index (χ2n) is 8.51. The van der Waals surface area contributed by atoms with Gasteiger partial charge in [0.15, 0.2) is 0 Å². The van der Waals surface area contributed by atoms with E-state index in [2.05, 4.69) is 41.3 Å². The third kappa shape index (κ3) is 3.73. The number of hydrogen-bond donors (Lipinski definition) is 1. The number of rotatable bonds is 7. The molecule has 4 heterocycles. The summed E-state index contributed by atoms with van der Waals surface area (Å²) in [5.41, 5.74) is 5.90. The minimum absolute atomic E-state index is 0.00395. The number of anilines is 1. The van der Waals surface area contributed by atoms with Gasteiger partial charge in [-0.1, -0.05) is 13.3 Å². The summed E-state index contributed by atoms with van der Waals surface area (Å²) >= 11 is 0. The Bertz CT molecular complexity index is 1310. The summed E-state index contributed by atoms with van der Waals surface area (Å²) in [7, 11) is 1.73. The third-order valence-corrected chi connectivity index (χ3v) is 6.14. The lowest BCUT2D eigenvalue weighted by atomic mass is 10.00. The van der Waals surface area contributed by atoms with Crippen molar-refractivity contribution in [1.82, 2.24) is 19.4 Å². The summed E-state index contributed by atoms with van der Waals surface area (Å²) < 4.78 is 7.68. The van der Waals surface area contributed by atoms with Crippen molar-refractivity contribution in [3.63, 3.8) is 0 Å². The first-order valence-corrected chi connectivity index (χ1v) is 11.2. The molecule has 7 heteroatoms. The van der Waals surface area contributed by atoms with E-state index >= 15 is 0 Å². The van der Waals surface area contributed by atoms with Crippen molar-refractivity contribution in [2.75, 3.05) is 12.4 Å². The van der Waals surface area contributed by atoms with Gasteiger partial charge in [0.2, 0.25) is 5.91 Å². The molecule has 32 heavy (non-hydrogen) atoms. The SMILES string of the molecule is CCC[C@H](OC)c1cc(C)c(-c2cc3cnc(NC(=O)C4CC4)cc3n3ccnc23)cn1. The quantitative estimate of drug-likeness (QED) is 0.443. The molecule has 5 rings (SSSR count). The predicted molar refractivity (Wildman–Crippen MR) is 124 cm³/mol. The summed E-state index contributed by atoms with van der Waals surface area (Å²) in [6.07, 6.45) is 11.4. The minimum atomic E-state index is 0.00395. The van der Waals surface area contributed by atoms with Crippen molar-refractivity contribution in [1.29, 1.82) is 0 Å². The van der Waals surface area contributed by atoms with E-state index in [1.807, 2.05) is 22.9 Å². The van der Waals surface area contributed by atoms with Gasteiger partial charge in [0.1, 0.15) is 11.5 Å². The molecule has 1 aliphatic carbocycles. The van der Waals surface area contributed by atoms with Crippen LogP contribution in [0, 0.1) is 12.8 Å². The number of amides is 1. The van der Waals surface area contributed by atoms with Crippen molar-refractivity contribution in [2.45, 2.75) is 45.6 Å². The van der Waals surface area contributed by atoms with Gasteiger partial charge in [-0.2, -0.15) is 0 Å². The Morgan fingerprint density at radius 3 is 2.75 bits per heavy atom. The van der Waals surface area contributed by atoms with E-state index in [4.69, 9.17) is 9.72 Å². The standard InChI is InChI=1S/C25H27N5O2/c1-4-5-22(32-3)20-10-15(2)19(14-27-20)18-11-17-13-28-23(29-25(31)16-6-7-16)12-21(17)30-9-8-26-24(18)30/h8-14,16,22H,4-7H2,1-3H3,(H,28,29,31)/t22-/m0/s1. The van der Waals surface area contributed by atoms with Crippen LogP contribution in [-0.2, 0) is 9.53 Å². The molecule has 1 atom stereocenters. The van der Waals surface area contributed by atoms with E-state index in [1.165, 1.54) is 0 Å². The van der Waals surface area contributed by atoms with Gasteiger partial charge in [0.25, 0.3) is 0 Å². The fourth-order valence-corrected chi connectivity index (χ4v) is 4.22. The molecule has 1 N–H and O–H groups in total. The van der Waals surface area contributed by atoms with Crippen LogP contribution in [0.4, 0.5) is 5.82 Å². The number of imidazole rings is 1. The predicted octanol–water partition coefficient (Wildman–Crippen LogP) is 5.09. The number of carbonyl (C=O) groups is 1. The number of aryl methyl sites for hydroxylation is 1. The molecule has 164 valence electrons. The molecule has 0 aromatic carbocycles. The molecule has 4 aromatic rings. The Kier molecular flexibility index (Phi) is 5.35. The third-order valence-electron chi connectivity index (χ3n) is 6.14. The van der Waals surface area contributed by atoms with Gasteiger partial charge in [-0.15, -0.1) is 0 Å². The first-order valence-electron chi connectivity index (χ1n) is 11.2. The Morgan fingerprint density at radius 2 is 2.03 bits per heavy atom. The molecule has 0 spiro atoms. The zero-order valence-electron chi connectivity index (χ0n) is 18.6. The Hall–Kier alpha value is -3.32. The van der Waals surface area contributed by atoms with E-state index < -0.39 is 0 Å². The first kappa shape index (κ1) is 20.6. The summed E-state index contributed by atoms with van der Waals surface area (Å²) in [5, 5.41) is 3.91. The number of fused-ring (bicyclic) bond motifs is 3. The monoisotopic (exact) mass is 429 g/mol. The number of nitrogens with zero attached hydrogens (tertiary/aromatic N) is 4. The average molecular weight is 430 g/mol. The molecule has 4 aromatic heterocycles. The lowest BCUT2D eigenvalue weighted by Crippen LogP contribution is -2.14. The summed E-state index contributed by atoms with van der Waals surface area (Å²) in [6, 6.07) is 6.12. The smallest absolute Gasteiger partial charge is 0.228 e. The Labute approximate surface area is 186 Å². The second-order valence-corrected chi connectivity index (χ2v) is 8.51. The largest absolute Gasteiger partial charge is 0.375 e. The van der Waals surface area contributed by atoms with Crippen molar-refractivity contribution in [2.24, 2.45) is 5.92 Å². The van der Waals surface area contributed by atoms with Crippen molar-refractivity contribution >= 4 is 28.3 Å². The van der Waals surface area contributed by atoms with Gasteiger partial charge >= 0.3 is 0 Å². The molecule has 7 nitrogen and oxygen atoms in total. The van der Waals surface area contributed by atoms with Gasteiger partial charge < -0.3 is 10.1 Å². The van der Waals surface area contributed by atoms with E-state index in [0.717, 1.165) is 64.6 Å². The van der Waals surface area contributed by atoms with E-state index in [-0.39, 0.29) is 17.9 Å². The van der Waals surface area contributed by atoms with Gasteiger partial charge in [-0.05, 0) is 43.9 Å². The highest BCUT2D eigenvalue weighted by molar-refractivity contribution is 5.96. The van der Waals surface area contributed by atoms with E-state index in [1.54, 1.807) is 19.5 Å². The van der Waals surface area contributed by atoms with Crippen LogP contribution < -0.4 is 5.32 Å². The number of ether oxygens (including phenoxy) is 1. The number of pyridine rings is 3. The lowest BCUT2D eigenvalue weighted by molar-refractivity contribution is -0.117. The fourth-order valence-electron chi connectivity index (χ4n) is 4.22. The number of nitrogens with one attached hydrogen (secondary N) is 1. The zero-order chi connectivity index (χ0) is 22.2. The number of carbonyl (C=O) groups excluding carboxylic acids is 1. The molecular weight excluding hydrogens is 402 g/mol. The van der Waals surface area contributed by atoms with Crippen LogP contribution in [0.1, 0.15) is 50.0 Å². The van der Waals surface area contributed by atoms with Gasteiger partial charge in [0.05, 0.1) is 17.3 Å². The molecule has 0 unspecified atom stereocenters. The molecule has 0 bridgehead atoms. The maximum absolute atomic E-state index is 12.2. The number of hydrogen-bond acceptors (Lipinski definition) is 5. The van der Waals surface area contributed by atoms with Gasteiger partial charge in [-0.3, -0.25) is 14.2 Å². The van der Waals surface area contributed by atoms with Crippen LogP contribution in [0.5, 0.6) is 0 Å². The summed E-state index contributed by atoms with van der Waals surface area (Å²) in [6.45, 7) is 4.24. The average Bonchev–Trinajstić information content (AvgIpc) is 3.53. The maximum Gasteiger partial charge on any atom is 0.228 e. The molecular formula is C25H27N5O2. The van der Waals surface area contributed by atoms with E-state index in [0.29, 0.717) is 5.82 Å². The molecule has 0 aliphatic heterocycles. The van der Waals surface area contributed by atoms with Crippen LogP contribution in [0.2, 0.25) is 0 Å². The molecule has 0 radical (unpaired) electrons. The normalized spacial score (nSPS) is 14.7. The van der Waals surface area contributed by atoms with Crippen molar-refractivity contribution in [3.05, 3.63) is 54.2 Å². The van der Waals surface area contributed by atoms with Crippen LogP contribution in [0.15, 0.2) is 43.0 Å². The van der Waals surface area contributed by atoms with Crippen LogP contribution >= 0.6 is 0 Å². The maximum atomic E-state index is 12.2. The summed E-state index contributed by atoms with van der Waals surface area (Å²) in [5.74, 6) is 0.757. The number of aromatic nitrogens is 4. The van der Waals surface area contributed by atoms with E-state index in [9.17, 15) is 4.79 Å². The minimum Gasteiger partial charge on any atom is -0.375 e. The zero-order valence-corrected chi connectivity index (χ0v) is 18.6. The molecule has 1 amide bonds. The number of methoxy groups -OCH3 is 1. The molecule has 1 aliphatic rings. The highest BCUT2D eigenvalue weighted by Gasteiger charge is 2.29. The van der Waals surface area contributed by atoms with Crippen LogP contribution in [0.25, 0.3) is 27.7 Å². The van der Waals surface area contributed by atoms with Gasteiger partial charge in [0, 0.05) is 60.4 Å². The molecule has 1 fully saturated rings. The van der Waals surface area contributed by atoms with Crippen molar-refractivity contribution < 1.29 is 9.53 Å². The lowest BCUT2D eigenvalue weighted by Gasteiger charge is -2.16. The first-order chi connectivity index (χ1) is 15.6.